The lowest BCUT2D eigenvalue weighted by atomic mass is 10.2. The average molecular weight is 446 g/mol. The molecule has 0 aliphatic heterocycles. The molecule has 0 aromatic heterocycles. The zero-order valence-corrected chi connectivity index (χ0v) is 17.2. The second-order valence-corrected chi connectivity index (χ2v) is 8.64. The summed E-state index contributed by atoms with van der Waals surface area (Å²) < 4.78 is 27.0. The summed E-state index contributed by atoms with van der Waals surface area (Å²) in [6, 6.07) is 17.3. The number of nitrogens with one attached hydrogen (secondary N) is 1. The van der Waals surface area contributed by atoms with Crippen LogP contribution in [0, 0.1) is 10.1 Å². The number of nitro benzene ring substituents is 1. The van der Waals surface area contributed by atoms with Crippen molar-refractivity contribution in [2.75, 3.05) is 16.7 Å². The third-order valence-electron chi connectivity index (χ3n) is 4.26. The van der Waals surface area contributed by atoms with Crippen LogP contribution in [0.1, 0.15) is 10.4 Å². The van der Waals surface area contributed by atoms with E-state index in [-0.39, 0.29) is 16.1 Å². The van der Waals surface area contributed by atoms with Gasteiger partial charge in [-0.15, -0.1) is 0 Å². The molecule has 3 rings (SSSR count). The topological polar surface area (TPSA) is 110 Å². The molecule has 0 heterocycles. The number of nitrogens with zero attached hydrogens (tertiary/aromatic N) is 2. The van der Waals surface area contributed by atoms with Gasteiger partial charge in [0.2, 0.25) is 0 Å². The van der Waals surface area contributed by atoms with Crippen molar-refractivity contribution in [3.8, 4) is 0 Å². The van der Waals surface area contributed by atoms with E-state index in [1.54, 1.807) is 18.2 Å². The van der Waals surface area contributed by atoms with Crippen molar-refractivity contribution in [1.29, 1.82) is 0 Å². The predicted octanol–water partition coefficient (Wildman–Crippen LogP) is 4.33. The van der Waals surface area contributed by atoms with Crippen molar-refractivity contribution in [2.24, 2.45) is 0 Å². The van der Waals surface area contributed by atoms with E-state index >= 15 is 0 Å². The van der Waals surface area contributed by atoms with Crippen molar-refractivity contribution in [3.63, 3.8) is 0 Å². The molecule has 0 aliphatic rings. The molecular formula is C20H16ClN3O5S. The predicted molar refractivity (Wildman–Crippen MR) is 115 cm³/mol. The molecule has 0 bridgehead atoms. The molecule has 30 heavy (non-hydrogen) atoms. The quantitative estimate of drug-likeness (QED) is 0.448. The van der Waals surface area contributed by atoms with E-state index in [1.807, 2.05) is 0 Å². The third kappa shape index (κ3) is 4.58. The van der Waals surface area contributed by atoms with Gasteiger partial charge in [-0.3, -0.25) is 19.2 Å². The van der Waals surface area contributed by atoms with Gasteiger partial charge in [-0.05, 0) is 48.5 Å². The number of amides is 1. The fourth-order valence-electron chi connectivity index (χ4n) is 2.64. The first kappa shape index (κ1) is 21.3. The minimum absolute atomic E-state index is 0.0682. The standard InChI is InChI=1S/C20H16ClN3O5S/c1-23(18-6-3-5-15(21)13-18)30(28,29)19-7-2-4-14(12-19)20(25)22-16-8-10-17(11-9-16)24(26)27/h2-13H,1H3,(H,22,25). The van der Waals surface area contributed by atoms with E-state index in [0.29, 0.717) is 16.4 Å². The second kappa shape index (κ2) is 8.52. The molecule has 0 saturated heterocycles. The lowest BCUT2D eigenvalue weighted by molar-refractivity contribution is -0.384. The van der Waals surface area contributed by atoms with E-state index in [4.69, 9.17) is 11.6 Å². The Morgan fingerprint density at radius 1 is 1.03 bits per heavy atom. The van der Waals surface area contributed by atoms with Crippen molar-refractivity contribution < 1.29 is 18.1 Å². The van der Waals surface area contributed by atoms with E-state index in [1.165, 1.54) is 61.6 Å². The van der Waals surface area contributed by atoms with Gasteiger partial charge in [0.25, 0.3) is 21.6 Å². The lowest BCUT2D eigenvalue weighted by Crippen LogP contribution is -2.26. The minimum Gasteiger partial charge on any atom is -0.322 e. The number of rotatable bonds is 6. The Balaban J connectivity index is 1.84. The summed E-state index contributed by atoms with van der Waals surface area (Å²) in [6.07, 6.45) is 0. The summed E-state index contributed by atoms with van der Waals surface area (Å²) in [5.74, 6) is -0.550. The normalized spacial score (nSPS) is 11.0. The molecule has 0 unspecified atom stereocenters. The number of benzene rings is 3. The fraction of sp³-hybridized carbons (Fsp3) is 0.0500. The lowest BCUT2D eigenvalue weighted by Gasteiger charge is -2.20. The monoisotopic (exact) mass is 445 g/mol. The van der Waals surface area contributed by atoms with Gasteiger partial charge in [0, 0.05) is 35.5 Å². The molecule has 0 atom stereocenters. The second-order valence-electron chi connectivity index (χ2n) is 6.24. The summed E-state index contributed by atoms with van der Waals surface area (Å²) >= 11 is 5.94. The molecule has 0 aliphatic carbocycles. The van der Waals surface area contributed by atoms with Gasteiger partial charge in [-0.25, -0.2) is 8.42 Å². The van der Waals surface area contributed by atoms with Gasteiger partial charge >= 0.3 is 0 Å². The number of anilines is 2. The van der Waals surface area contributed by atoms with Crippen molar-refractivity contribution in [3.05, 3.63) is 93.5 Å². The Morgan fingerprint density at radius 2 is 1.70 bits per heavy atom. The van der Waals surface area contributed by atoms with Crippen LogP contribution in [-0.4, -0.2) is 26.3 Å². The molecule has 0 spiro atoms. The van der Waals surface area contributed by atoms with Crippen LogP contribution in [0.4, 0.5) is 17.1 Å². The van der Waals surface area contributed by atoms with Gasteiger partial charge in [-0.1, -0.05) is 23.7 Å². The molecule has 1 amide bonds. The largest absolute Gasteiger partial charge is 0.322 e. The van der Waals surface area contributed by atoms with E-state index < -0.39 is 20.9 Å². The first-order chi connectivity index (χ1) is 14.2. The van der Waals surface area contributed by atoms with E-state index in [2.05, 4.69) is 5.32 Å². The summed E-state index contributed by atoms with van der Waals surface area (Å²) in [5, 5.41) is 13.7. The molecule has 8 nitrogen and oxygen atoms in total. The zero-order valence-electron chi connectivity index (χ0n) is 15.7. The molecule has 0 fully saturated rings. The van der Waals surface area contributed by atoms with Crippen LogP contribution < -0.4 is 9.62 Å². The van der Waals surface area contributed by atoms with Crippen LogP contribution in [-0.2, 0) is 10.0 Å². The number of sulfonamides is 1. The Kier molecular flexibility index (Phi) is 6.04. The number of carbonyl (C=O) groups is 1. The van der Waals surface area contributed by atoms with Crippen LogP contribution in [0.5, 0.6) is 0 Å². The highest BCUT2D eigenvalue weighted by molar-refractivity contribution is 7.92. The maximum atomic E-state index is 13.0. The first-order valence-corrected chi connectivity index (χ1v) is 10.4. The highest BCUT2D eigenvalue weighted by atomic mass is 35.5. The van der Waals surface area contributed by atoms with Crippen molar-refractivity contribution in [1.82, 2.24) is 0 Å². The summed E-state index contributed by atoms with van der Waals surface area (Å²) in [6.45, 7) is 0. The molecule has 0 saturated carbocycles. The van der Waals surface area contributed by atoms with Crippen LogP contribution in [0.25, 0.3) is 0 Å². The number of hydrogen-bond acceptors (Lipinski definition) is 5. The number of carbonyl (C=O) groups excluding carboxylic acids is 1. The van der Waals surface area contributed by atoms with E-state index in [0.717, 1.165) is 4.31 Å². The van der Waals surface area contributed by atoms with Crippen LogP contribution >= 0.6 is 11.6 Å². The van der Waals surface area contributed by atoms with Crippen LogP contribution in [0.15, 0.2) is 77.7 Å². The molecule has 10 heteroatoms. The summed E-state index contributed by atoms with van der Waals surface area (Å²) in [4.78, 5) is 22.6. The Morgan fingerprint density at radius 3 is 2.33 bits per heavy atom. The highest BCUT2D eigenvalue weighted by Gasteiger charge is 2.22. The molecule has 1 N–H and O–H groups in total. The molecule has 3 aromatic carbocycles. The average Bonchev–Trinajstić information content (AvgIpc) is 2.73. The van der Waals surface area contributed by atoms with Gasteiger partial charge in [0.1, 0.15) is 0 Å². The minimum atomic E-state index is -3.93. The number of nitro groups is 1. The molecule has 3 aromatic rings. The highest BCUT2D eigenvalue weighted by Crippen LogP contribution is 2.25. The number of hydrogen-bond donors (Lipinski definition) is 1. The van der Waals surface area contributed by atoms with Gasteiger partial charge < -0.3 is 5.32 Å². The molecule has 154 valence electrons. The summed E-state index contributed by atoms with van der Waals surface area (Å²) in [5.41, 5.74) is 0.734. The van der Waals surface area contributed by atoms with Crippen molar-refractivity contribution >= 4 is 44.6 Å². The Bertz CT molecular complexity index is 1210. The zero-order chi connectivity index (χ0) is 21.9. The Hall–Kier alpha value is -3.43. The maximum Gasteiger partial charge on any atom is 0.269 e. The first-order valence-electron chi connectivity index (χ1n) is 8.59. The summed E-state index contributed by atoms with van der Waals surface area (Å²) in [7, 11) is -2.54. The third-order valence-corrected chi connectivity index (χ3v) is 6.28. The fourth-order valence-corrected chi connectivity index (χ4v) is 4.05. The van der Waals surface area contributed by atoms with Gasteiger partial charge in [0.15, 0.2) is 0 Å². The maximum absolute atomic E-state index is 13.0. The van der Waals surface area contributed by atoms with Crippen molar-refractivity contribution in [2.45, 2.75) is 4.90 Å². The van der Waals surface area contributed by atoms with Gasteiger partial charge in [-0.2, -0.15) is 0 Å². The Labute approximate surface area is 177 Å². The number of non-ortho nitro benzene ring substituents is 1. The van der Waals surface area contributed by atoms with E-state index in [9.17, 15) is 23.3 Å². The SMILES string of the molecule is CN(c1cccc(Cl)c1)S(=O)(=O)c1cccc(C(=O)Nc2ccc([N+](=O)[O-])cc2)c1. The number of halogens is 1. The van der Waals surface area contributed by atoms with Gasteiger partial charge in [0.05, 0.1) is 15.5 Å². The molecular weight excluding hydrogens is 430 g/mol. The van der Waals surface area contributed by atoms with Crippen LogP contribution in [0.3, 0.4) is 0 Å². The van der Waals surface area contributed by atoms with Crippen LogP contribution in [0.2, 0.25) is 5.02 Å². The molecule has 0 radical (unpaired) electrons. The smallest absolute Gasteiger partial charge is 0.269 e.